The Labute approximate surface area is 170 Å². The van der Waals surface area contributed by atoms with Gasteiger partial charge in [0.25, 0.3) is 5.91 Å². The molecular weight excluding hydrogens is 374 g/mol. The number of amides is 2. The molecule has 0 unspecified atom stereocenters. The van der Waals surface area contributed by atoms with E-state index in [1.54, 1.807) is 53.0 Å². The highest BCUT2D eigenvalue weighted by Gasteiger charge is 2.45. The lowest BCUT2D eigenvalue weighted by Crippen LogP contribution is -2.46. The number of para-hydroxylation sites is 1. The third kappa shape index (κ3) is 5.70. The first-order valence-electron chi connectivity index (χ1n) is 9.41. The number of hydrogen-bond donors (Lipinski definition) is 0. The molecule has 1 aromatic rings. The SMILES string of the molecule is CCOC(=O)[C@@H]1C/C(=C\C=C\c2ccccc2OC)C(=O)N1C(=O)OC(C)(C)C. The van der Waals surface area contributed by atoms with Crippen molar-refractivity contribution in [3.8, 4) is 5.75 Å². The zero-order valence-electron chi connectivity index (χ0n) is 17.4. The fourth-order valence-corrected chi connectivity index (χ4v) is 2.84. The highest BCUT2D eigenvalue weighted by Crippen LogP contribution is 2.28. The first-order chi connectivity index (χ1) is 13.7. The van der Waals surface area contributed by atoms with Crippen molar-refractivity contribution in [1.82, 2.24) is 4.90 Å². The molecule has 1 aliphatic rings. The number of benzene rings is 1. The second-order valence-corrected chi connectivity index (χ2v) is 7.42. The Morgan fingerprint density at radius 3 is 2.55 bits per heavy atom. The van der Waals surface area contributed by atoms with E-state index in [9.17, 15) is 14.4 Å². The van der Waals surface area contributed by atoms with Crippen LogP contribution in [-0.4, -0.2) is 48.2 Å². The molecule has 1 heterocycles. The number of allylic oxidation sites excluding steroid dienone is 2. The number of rotatable bonds is 5. The van der Waals surface area contributed by atoms with Crippen molar-refractivity contribution in [2.24, 2.45) is 0 Å². The van der Waals surface area contributed by atoms with Crippen LogP contribution in [0, 0.1) is 0 Å². The molecule has 1 aromatic carbocycles. The monoisotopic (exact) mass is 401 g/mol. The van der Waals surface area contributed by atoms with Gasteiger partial charge in [0.2, 0.25) is 0 Å². The summed E-state index contributed by atoms with van der Waals surface area (Å²) in [5, 5.41) is 0. The van der Waals surface area contributed by atoms with E-state index in [0.717, 1.165) is 10.5 Å². The molecule has 0 N–H and O–H groups in total. The highest BCUT2D eigenvalue weighted by molar-refractivity contribution is 6.09. The van der Waals surface area contributed by atoms with Gasteiger partial charge in [-0.05, 0) is 33.8 Å². The van der Waals surface area contributed by atoms with Crippen LogP contribution in [0.2, 0.25) is 0 Å². The van der Waals surface area contributed by atoms with Crippen LogP contribution in [0.15, 0.2) is 42.0 Å². The number of carbonyl (C=O) groups excluding carboxylic acids is 3. The molecule has 1 aliphatic heterocycles. The summed E-state index contributed by atoms with van der Waals surface area (Å²) in [6.07, 6.45) is 4.26. The van der Waals surface area contributed by atoms with E-state index in [2.05, 4.69) is 0 Å². The Hall–Kier alpha value is -3.09. The average molecular weight is 401 g/mol. The van der Waals surface area contributed by atoms with Gasteiger partial charge in [-0.1, -0.05) is 36.4 Å². The molecule has 0 bridgehead atoms. The van der Waals surface area contributed by atoms with E-state index in [1.807, 2.05) is 24.3 Å². The summed E-state index contributed by atoms with van der Waals surface area (Å²) in [4.78, 5) is 38.5. The predicted molar refractivity (Wildman–Crippen MR) is 108 cm³/mol. The van der Waals surface area contributed by atoms with Crippen LogP contribution in [0.1, 0.15) is 39.7 Å². The van der Waals surface area contributed by atoms with E-state index in [4.69, 9.17) is 14.2 Å². The summed E-state index contributed by atoms with van der Waals surface area (Å²) in [6, 6.07) is 6.39. The van der Waals surface area contributed by atoms with Gasteiger partial charge in [-0.2, -0.15) is 0 Å². The maximum atomic E-state index is 12.8. The lowest BCUT2D eigenvalue weighted by atomic mass is 10.1. The second kappa shape index (κ2) is 9.41. The molecule has 1 fully saturated rings. The molecule has 0 radical (unpaired) electrons. The maximum absolute atomic E-state index is 12.8. The first kappa shape index (κ1) is 22.2. The second-order valence-electron chi connectivity index (χ2n) is 7.42. The summed E-state index contributed by atoms with van der Waals surface area (Å²) in [6.45, 7) is 6.89. The fourth-order valence-electron chi connectivity index (χ4n) is 2.84. The summed E-state index contributed by atoms with van der Waals surface area (Å²) in [5.41, 5.74) is 0.357. The molecule has 1 atom stereocenters. The lowest BCUT2D eigenvalue weighted by Gasteiger charge is -2.26. The van der Waals surface area contributed by atoms with Gasteiger partial charge in [0, 0.05) is 17.6 Å². The quantitative estimate of drug-likeness (QED) is 0.552. The Balaban J connectivity index is 2.28. The van der Waals surface area contributed by atoms with Gasteiger partial charge in [0.05, 0.1) is 13.7 Å². The van der Waals surface area contributed by atoms with Crippen LogP contribution < -0.4 is 4.74 Å². The van der Waals surface area contributed by atoms with Crippen LogP contribution in [-0.2, 0) is 19.1 Å². The van der Waals surface area contributed by atoms with Crippen molar-refractivity contribution in [2.75, 3.05) is 13.7 Å². The van der Waals surface area contributed by atoms with Gasteiger partial charge in [-0.25, -0.2) is 14.5 Å². The predicted octanol–water partition coefficient (Wildman–Crippen LogP) is 3.73. The van der Waals surface area contributed by atoms with Crippen molar-refractivity contribution in [3.63, 3.8) is 0 Å². The Kier molecular flexibility index (Phi) is 7.20. The van der Waals surface area contributed by atoms with Gasteiger partial charge < -0.3 is 14.2 Å². The van der Waals surface area contributed by atoms with Crippen LogP contribution in [0.3, 0.4) is 0 Å². The standard InChI is InChI=1S/C22H27NO6/c1-6-28-20(25)17-14-16(19(24)23(17)21(26)29-22(2,3)4)12-9-11-15-10-7-8-13-18(15)27-5/h7-13,17H,6,14H2,1-5H3/b11-9+,16-12+/t17-/m0/s1. The summed E-state index contributed by atoms with van der Waals surface area (Å²) in [7, 11) is 1.58. The van der Waals surface area contributed by atoms with Crippen LogP contribution in [0.25, 0.3) is 6.08 Å². The van der Waals surface area contributed by atoms with Crippen LogP contribution >= 0.6 is 0 Å². The van der Waals surface area contributed by atoms with Gasteiger partial charge in [0.1, 0.15) is 17.4 Å². The minimum absolute atomic E-state index is 0.0627. The third-order valence-corrected chi connectivity index (χ3v) is 4.08. The molecule has 2 amide bonds. The Morgan fingerprint density at radius 2 is 1.93 bits per heavy atom. The third-order valence-electron chi connectivity index (χ3n) is 4.08. The van der Waals surface area contributed by atoms with Crippen molar-refractivity contribution < 1.29 is 28.6 Å². The van der Waals surface area contributed by atoms with Crippen molar-refractivity contribution in [3.05, 3.63) is 47.6 Å². The van der Waals surface area contributed by atoms with Crippen molar-refractivity contribution in [2.45, 2.75) is 45.8 Å². The zero-order chi connectivity index (χ0) is 21.6. The molecular formula is C22H27NO6. The number of hydrogen-bond acceptors (Lipinski definition) is 6. The molecule has 0 aromatic heterocycles. The normalized spacial score (nSPS) is 18.4. The summed E-state index contributed by atoms with van der Waals surface area (Å²) >= 11 is 0. The first-order valence-corrected chi connectivity index (χ1v) is 9.41. The lowest BCUT2D eigenvalue weighted by molar-refractivity contribution is -0.150. The van der Waals surface area contributed by atoms with E-state index in [0.29, 0.717) is 11.3 Å². The van der Waals surface area contributed by atoms with Crippen LogP contribution in [0.5, 0.6) is 5.75 Å². The van der Waals surface area contributed by atoms with Gasteiger partial charge >= 0.3 is 12.1 Å². The zero-order valence-corrected chi connectivity index (χ0v) is 17.4. The Bertz CT molecular complexity index is 834. The summed E-state index contributed by atoms with van der Waals surface area (Å²) < 4.78 is 15.6. The van der Waals surface area contributed by atoms with Gasteiger partial charge in [-0.15, -0.1) is 0 Å². The summed E-state index contributed by atoms with van der Waals surface area (Å²) in [5.74, 6) is -0.509. The molecule has 156 valence electrons. The number of nitrogens with zero attached hydrogens (tertiary/aromatic N) is 1. The van der Waals surface area contributed by atoms with Gasteiger partial charge in [0.15, 0.2) is 0 Å². The molecule has 7 nitrogen and oxygen atoms in total. The average Bonchev–Trinajstić information content (AvgIpc) is 2.98. The van der Waals surface area contributed by atoms with Crippen molar-refractivity contribution in [1.29, 1.82) is 0 Å². The number of likely N-dealkylation sites (tertiary alicyclic amines) is 1. The molecule has 0 aliphatic carbocycles. The fraction of sp³-hybridized carbons (Fsp3) is 0.409. The van der Waals surface area contributed by atoms with Crippen molar-refractivity contribution >= 4 is 24.0 Å². The number of ether oxygens (including phenoxy) is 3. The molecule has 7 heteroatoms. The smallest absolute Gasteiger partial charge is 0.418 e. The van der Waals surface area contributed by atoms with E-state index >= 15 is 0 Å². The number of carbonyl (C=O) groups is 3. The Morgan fingerprint density at radius 1 is 1.24 bits per heavy atom. The van der Waals surface area contributed by atoms with E-state index in [-0.39, 0.29) is 13.0 Å². The number of esters is 1. The minimum atomic E-state index is -1.04. The molecule has 2 rings (SSSR count). The topological polar surface area (TPSA) is 82.1 Å². The minimum Gasteiger partial charge on any atom is -0.496 e. The van der Waals surface area contributed by atoms with E-state index < -0.39 is 29.6 Å². The molecule has 0 spiro atoms. The van der Waals surface area contributed by atoms with E-state index in [1.165, 1.54) is 0 Å². The molecule has 1 saturated heterocycles. The number of methoxy groups -OCH3 is 1. The number of imide groups is 1. The largest absolute Gasteiger partial charge is 0.496 e. The molecule has 0 saturated carbocycles. The van der Waals surface area contributed by atoms with Crippen LogP contribution in [0.4, 0.5) is 4.79 Å². The highest BCUT2D eigenvalue weighted by atomic mass is 16.6. The maximum Gasteiger partial charge on any atom is 0.418 e. The molecule has 29 heavy (non-hydrogen) atoms. The van der Waals surface area contributed by atoms with Gasteiger partial charge in [-0.3, -0.25) is 4.79 Å².